The lowest BCUT2D eigenvalue weighted by Crippen LogP contribution is -2.14. The summed E-state index contributed by atoms with van der Waals surface area (Å²) in [4.78, 5) is 9.98. The summed E-state index contributed by atoms with van der Waals surface area (Å²) in [5, 5.41) is 10.8. The Kier molecular flexibility index (Phi) is 5.80. The molecule has 11 heteroatoms. The normalized spacial score (nSPS) is 11.4. The minimum absolute atomic E-state index is 0.0667. The van der Waals surface area contributed by atoms with Gasteiger partial charge in [-0.25, -0.2) is 8.42 Å². The summed E-state index contributed by atoms with van der Waals surface area (Å²) in [5.74, 6) is -2.65. The molecule has 0 saturated heterocycles. The molecule has 2 rings (SSSR count). The molecule has 0 saturated carbocycles. The van der Waals surface area contributed by atoms with E-state index in [1.807, 2.05) is 0 Å². The van der Waals surface area contributed by atoms with Gasteiger partial charge < -0.3 is 4.74 Å². The number of methoxy groups -OCH3 is 1. The van der Waals surface area contributed by atoms with E-state index >= 15 is 0 Å². The van der Waals surface area contributed by atoms with Gasteiger partial charge in [-0.2, -0.15) is 8.78 Å². The van der Waals surface area contributed by atoms with E-state index in [1.54, 1.807) is 0 Å². The standard InChI is InChI=1S/C14H12F2N2O5S2/c1-23-12-7-4-10(18(19)20)8-13(12)25(21,22)17-9-2-5-11(6-3-9)24-14(15)16/h2-8,14,17H,1H3. The number of nitro groups is 1. The molecule has 25 heavy (non-hydrogen) atoms. The minimum Gasteiger partial charge on any atom is -0.495 e. The van der Waals surface area contributed by atoms with E-state index in [4.69, 9.17) is 4.74 Å². The number of non-ortho nitro benzene ring substituents is 1. The van der Waals surface area contributed by atoms with Gasteiger partial charge in [-0.1, -0.05) is 11.8 Å². The molecule has 2 aromatic carbocycles. The molecule has 0 heterocycles. The molecule has 0 aliphatic carbocycles. The van der Waals surface area contributed by atoms with Gasteiger partial charge in [0.05, 0.1) is 12.0 Å². The Balaban J connectivity index is 2.32. The van der Waals surface area contributed by atoms with E-state index < -0.39 is 31.3 Å². The summed E-state index contributed by atoms with van der Waals surface area (Å²) in [6, 6.07) is 8.46. The summed E-state index contributed by atoms with van der Waals surface area (Å²) in [7, 11) is -2.95. The lowest BCUT2D eigenvalue weighted by atomic mass is 10.3. The molecule has 0 spiro atoms. The lowest BCUT2D eigenvalue weighted by molar-refractivity contribution is -0.385. The summed E-state index contributed by atoms with van der Waals surface area (Å²) in [6.45, 7) is 0. The van der Waals surface area contributed by atoms with E-state index in [9.17, 15) is 27.3 Å². The van der Waals surface area contributed by atoms with Crippen LogP contribution in [0.2, 0.25) is 0 Å². The van der Waals surface area contributed by atoms with Gasteiger partial charge in [0.2, 0.25) is 0 Å². The zero-order valence-corrected chi connectivity index (χ0v) is 14.3. The summed E-state index contributed by atoms with van der Waals surface area (Å²) in [6.07, 6.45) is 0. The fourth-order valence-electron chi connectivity index (χ4n) is 1.90. The van der Waals surface area contributed by atoms with Crippen LogP contribution in [0.4, 0.5) is 20.2 Å². The average Bonchev–Trinajstić information content (AvgIpc) is 2.55. The first-order valence-corrected chi connectivity index (χ1v) is 8.99. The van der Waals surface area contributed by atoms with Gasteiger partial charge in [-0.15, -0.1) is 0 Å². The Morgan fingerprint density at radius 1 is 1.20 bits per heavy atom. The molecule has 0 atom stereocenters. The summed E-state index contributed by atoms with van der Waals surface area (Å²) in [5.41, 5.74) is -0.294. The maximum atomic E-state index is 12.5. The molecule has 0 unspecified atom stereocenters. The summed E-state index contributed by atoms with van der Waals surface area (Å²) < 4.78 is 56.7. The first kappa shape index (κ1) is 18.9. The van der Waals surface area contributed by atoms with Gasteiger partial charge >= 0.3 is 0 Å². The smallest absolute Gasteiger partial charge is 0.288 e. The molecule has 0 amide bonds. The number of alkyl halides is 2. The Bertz CT molecular complexity index is 873. The molecule has 134 valence electrons. The third-order valence-corrected chi connectivity index (χ3v) is 5.10. The van der Waals surface area contributed by atoms with Crippen LogP contribution in [0.25, 0.3) is 0 Å². The minimum atomic E-state index is -4.18. The van der Waals surface area contributed by atoms with Crippen LogP contribution >= 0.6 is 11.8 Å². The molecule has 0 fully saturated rings. The fourth-order valence-corrected chi connectivity index (χ4v) is 3.65. The highest BCUT2D eigenvalue weighted by molar-refractivity contribution is 7.99. The Morgan fingerprint density at radius 2 is 1.84 bits per heavy atom. The summed E-state index contributed by atoms with van der Waals surface area (Å²) >= 11 is 0.327. The molecule has 7 nitrogen and oxygen atoms in total. The van der Waals surface area contributed by atoms with Gasteiger partial charge in [0.25, 0.3) is 21.5 Å². The second-order valence-electron chi connectivity index (χ2n) is 4.60. The van der Waals surface area contributed by atoms with Gasteiger partial charge in [-0.05, 0) is 30.3 Å². The van der Waals surface area contributed by atoms with Gasteiger partial charge in [0.15, 0.2) is 0 Å². The lowest BCUT2D eigenvalue weighted by Gasteiger charge is -2.12. The molecular formula is C14H12F2N2O5S2. The number of sulfonamides is 1. The van der Waals surface area contributed by atoms with Crippen LogP contribution in [0.3, 0.4) is 0 Å². The Labute approximate surface area is 146 Å². The topological polar surface area (TPSA) is 98.5 Å². The predicted octanol–water partition coefficient (Wildman–Crippen LogP) is 3.72. The van der Waals surface area contributed by atoms with Crippen molar-refractivity contribution in [2.75, 3.05) is 11.8 Å². The van der Waals surface area contributed by atoms with Crippen molar-refractivity contribution in [3.63, 3.8) is 0 Å². The maximum absolute atomic E-state index is 12.5. The number of hydrogen-bond donors (Lipinski definition) is 1. The molecule has 0 radical (unpaired) electrons. The van der Waals surface area contributed by atoms with Gasteiger partial charge in [0, 0.05) is 22.7 Å². The number of nitro benzene ring substituents is 1. The van der Waals surface area contributed by atoms with E-state index in [1.165, 1.54) is 37.4 Å². The monoisotopic (exact) mass is 390 g/mol. The van der Waals surface area contributed by atoms with E-state index in [0.717, 1.165) is 12.1 Å². The number of benzene rings is 2. The van der Waals surface area contributed by atoms with Crippen LogP contribution in [0.15, 0.2) is 52.3 Å². The third-order valence-electron chi connectivity index (χ3n) is 2.98. The zero-order chi connectivity index (χ0) is 18.6. The highest BCUT2D eigenvalue weighted by Crippen LogP contribution is 2.31. The van der Waals surface area contributed by atoms with Crippen molar-refractivity contribution < 1.29 is 26.9 Å². The van der Waals surface area contributed by atoms with Crippen molar-refractivity contribution in [2.24, 2.45) is 0 Å². The van der Waals surface area contributed by atoms with E-state index in [-0.39, 0.29) is 16.3 Å². The number of rotatable bonds is 7. The predicted molar refractivity (Wildman–Crippen MR) is 88.8 cm³/mol. The molecular weight excluding hydrogens is 378 g/mol. The average molecular weight is 390 g/mol. The third kappa shape index (κ3) is 4.79. The van der Waals surface area contributed by atoms with Crippen LogP contribution in [0.5, 0.6) is 5.75 Å². The van der Waals surface area contributed by atoms with Crippen molar-refractivity contribution in [1.29, 1.82) is 0 Å². The number of nitrogens with one attached hydrogen (secondary N) is 1. The van der Waals surface area contributed by atoms with Crippen LogP contribution in [-0.4, -0.2) is 26.2 Å². The SMILES string of the molecule is COc1ccc([N+](=O)[O-])cc1S(=O)(=O)Nc1ccc(SC(F)F)cc1. The first-order valence-electron chi connectivity index (χ1n) is 6.63. The first-order chi connectivity index (χ1) is 11.7. The van der Waals surface area contributed by atoms with E-state index in [0.29, 0.717) is 11.8 Å². The van der Waals surface area contributed by atoms with Crippen molar-refractivity contribution in [2.45, 2.75) is 15.5 Å². The second kappa shape index (κ2) is 7.66. The highest BCUT2D eigenvalue weighted by atomic mass is 32.2. The van der Waals surface area contributed by atoms with Crippen molar-refractivity contribution in [3.05, 3.63) is 52.6 Å². The number of halogens is 2. The van der Waals surface area contributed by atoms with Crippen LogP contribution < -0.4 is 9.46 Å². The number of anilines is 1. The maximum Gasteiger partial charge on any atom is 0.288 e. The molecule has 2 aromatic rings. The number of nitrogens with zero attached hydrogens (tertiary/aromatic N) is 1. The Hall–Kier alpha value is -2.40. The van der Waals surface area contributed by atoms with Crippen LogP contribution in [0, 0.1) is 10.1 Å². The van der Waals surface area contributed by atoms with Gasteiger partial charge in [0.1, 0.15) is 10.6 Å². The number of hydrogen-bond acceptors (Lipinski definition) is 6. The molecule has 0 aromatic heterocycles. The van der Waals surface area contributed by atoms with Crippen molar-refractivity contribution in [1.82, 2.24) is 0 Å². The van der Waals surface area contributed by atoms with Crippen LogP contribution in [-0.2, 0) is 10.0 Å². The fraction of sp³-hybridized carbons (Fsp3) is 0.143. The van der Waals surface area contributed by atoms with Crippen molar-refractivity contribution in [3.8, 4) is 5.75 Å². The zero-order valence-electron chi connectivity index (χ0n) is 12.7. The van der Waals surface area contributed by atoms with Crippen LogP contribution in [0.1, 0.15) is 0 Å². The largest absolute Gasteiger partial charge is 0.495 e. The molecule has 0 aliphatic heterocycles. The van der Waals surface area contributed by atoms with Crippen molar-refractivity contribution >= 4 is 33.2 Å². The van der Waals surface area contributed by atoms with Gasteiger partial charge in [-0.3, -0.25) is 14.8 Å². The molecule has 0 aliphatic rings. The second-order valence-corrected chi connectivity index (χ2v) is 7.31. The Morgan fingerprint density at radius 3 is 2.36 bits per heavy atom. The number of thioether (sulfide) groups is 1. The number of ether oxygens (including phenoxy) is 1. The molecule has 0 bridgehead atoms. The highest BCUT2D eigenvalue weighted by Gasteiger charge is 2.23. The van der Waals surface area contributed by atoms with E-state index in [2.05, 4.69) is 4.72 Å². The quantitative estimate of drug-likeness (QED) is 0.440. The molecule has 1 N–H and O–H groups in total.